The highest BCUT2D eigenvalue weighted by Crippen LogP contribution is 2.45. The van der Waals surface area contributed by atoms with Gasteiger partial charge in [-0.15, -0.1) is 0 Å². The summed E-state index contributed by atoms with van der Waals surface area (Å²) in [4.78, 5) is 47.6. The molecule has 1 amide bonds. The molecule has 1 aromatic carbocycles. The van der Waals surface area contributed by atoms with Gasteiger partial charge in [-0.3, -0.25) is 9.59 Å². The fourth-order valence-electron chi connectivity index (χ4n) is 4.84. The molecule has 198 valence electrons. The summed E-state index contributed by atoms with van der Waals surface area (Å²) >= 11 is 1.45. The topological polar surface area (TPSA) is 88.5 Å². The number of nitrogens with zero attached hydrogens (tertiary/aromatic N) is 3. The smallest absolute Gasteiger partial charge is 0.338 e. The Labute approximate surface area is 222 Å². The Kier molecular flexibility index (Phi) is 8.11. The summed E-state index contributed by atoms with van der Waals surface area (Å²) in [5.41, 5.74) is 2.10. The van der Waals surface area contributed by atoms with Crippen LogP contribution in [-0.2, 0) is 23.9 Å². The first-order valence-corrected chi connectivity index (χ1v) is 13.6. The Morgan fingerprint density at radius 3 is 2.57 bits per heavy atom. The van der Waals surface area contributed by atoms with Gasteiger partial charge in [0, 0.05) is 18.8 Å². The highest BCUT2D eigenvalue weighted by Gasteiger charge is 2.42. The molecule has 1 aromatic rings. The first kappa shape index (κ1) is 27.0. The number of fused-ring (bicyclic) bond motifs is 1. The Balaban J connectivity index is 1.60. The summed E-state index contributed by atoms with van der Waals surface area (Å²) in [7, 11) is 0. The molecule has 0 spiro atoms. The number of allylic oxidation sites excluding steroid dienone is 1. The van der Waals surface area contributed by atoms with Crippen molar-refractivity contribution < 1.29 is 23.9 Å². The fraction of sp³-hybridized carbons (Fsp3) is 0.500. The lowest BCUT2D eigenvalue weighted by Gasteiger charge is -2.38. The van der Waals surface area contributed by atoms with Crippen LogP contribution in [0.15, 0.2) is 57.7 Å². The van der Waals surface area contributed by atoms with Crippen molar-refractivity contribution in [3.63, 3.8) is 0 Å². The summed E-state index contributed by atoms with van der Waals surface area (Å²) < 4.78 is 11.0. The minimum absolute atomic E-state index is 0.0565. The first-order chi connectivity index (χ1) is 17.6. The standard InChI is InChI=1S/C28H35N3O5S/c1-6-35-25(33)20-13-10-14-30(16-20)22(32)15-21-17-37-27-29-18(2)23(26(34)36-28(3,4)5)24(31(21)27)19-11-8-7-9-12-19/h7-9,11-12,17,20,24H,6,10,13-16H2,1-5H3/t20-,24-/m0/s1. The van der Waals surface area contributed by atoms with Crippen LogP contribution in [0.3, 0.4) is 0 Å². The molecule has 0 aromatic heterocycles. The number of aliphatic imine (C=N–C) groups is 1. The van der Waals surface area contributed by atoms with E-state index in [1.807, 2.05) is 68.3 Å². The number of likely N-dealkylation sites (tertiary alicyclic amines) is 1. The average Bonchev–Trinajstić information content (AvgIpc) is 3.24. The molecule has 1 fully saturated rings. The molecular weight excluding hydrogens is 490 g/mol. The van der Waals surface area contributed by atoms with Gasteiger partial charge in [0.1, 0.15) is 5.60 Å². The number of carbonyl (C=O) groups is 3. The zero-order valence-electron chi connectivity index (χ0n) is 22.2. The van der Waals surface area contributed by atoms with Crippen LogP contribution in [0.5, 0.6) is 0 Å². The predicted molar refractivity (Wildman–Crippen MR) is 143 cm³/mol. The van der Waals surface area contributed by atoms with Crippen LogP contribution in [0.4, 0.5) is 0 Å². The van der Waals surface area contributed by atoms with E-state index in [-0.39, 0.29) is 24.2 Å². The van der Waals surface area contributed by atoms with Gasteiger partial charge < -0.3 is 19.3 Å². The van der Waals surface area contributed by atoms with Gasteiger partial charge in [0.25, 0.3) is 0 Å². The van der Waals surface area contributed by atoms with Crippen LogP contribution in [0.25, 0.3) is 0 Å². The average molecular weight is 526 g/mol. The van der Waals surface area contributed by atoms with Crippen LogP contribution in [0.2, 0.25) is 0 Å². The molecule has 2 atom stereocenters. The molecule has 0 aliphatic carbocycles. The zero-order chi connectivity index (χ0) is 26.7. The van der Waals surface area contributed by atoms with Gasteiger partial charge in [-0.1, -0.05) is 42.1 Å². The van der Waals surface area contributed by atoms with E-state index in [0.29, 0.717) is 31.0 Å². The Morgan fingerprint density at radius 1 is 1.16 bits per heavy atom. The number of esters is 2. The summed E-state index contributed by atoms with van der Waals surface area (Å²) in [6, 6.07) is 9.28. The number of amides is 1. The van der Waals surface area contributed by atoms with Crippen molar-refractivity contribution in [1.82, 2.24) is 9.80 Å². The van der Waals surface area contributed by atoms with E-state index >= 15 is 0 Å². The summed E-state index contributed by atoms with van der Waals surface area (Å²) in [6.45, 7) is 10.4. The van der Waals surface area contributed by atoms with Gasteiger partial charge in [-0.25, -0.2) is 9.79 Å². The third-order valence-electron chi connectivity index (χ3n) is 6.46. The summed E-state index contributed by atoms with van der Waals surface area (Å²) in [6.07, 6.45) is 1.63. The predicted octanol–water partition coefficient (Wildman–Crippen LogP) is 4.80. The van der Waals surface area contributed by atoms with E-state index in [2.05, 4.69) is 0 Å². The van der Waals surface area contributed by atoms with Crippen molar-refractivity contribution in [2.24, 2.45) is 10.9 Å². The third-order valence-corrected chi connectivity index (χ3v) is 7.35. The normalized spacial score (nSPS) is 21.8. The summed E-state index contributed by atoms with van der Waals surface area (Å²) in [5.74, 6) is -1.01. The van der Waals surface area contributed by atoms with Gasteiger partial charge in [-0.05, 0) is 58.4 Å². The van der Waals surface area contributed by atoms with Gasteiger partial charge in [0.2, 0.25) is 5.91 Å². The van der Waals surface area contributed by atoms with E-state index in [0.717, 1.165) is 29.3 Å². The van der Waals surface area contributed by atoms with Crippen LogP contribution in [0.1, 0.15) is 65.5 Å². The molecule has 0 radical (unpaired) electrons. The third kappa shape index (κ3) is 6.09. The molecule has 9 heteroatoms. The van der Waals surface area contributed by atoms with Crippen LogP contribution in [-0.4, -0.2) is 58.1 Å². The van der Waals surface area contributed by atoms with Crippen molar-refractivity contribution in [3.8, 4) is 0 Å². The van der Waals surface area contributed by atoms with E-state index < -0.39 is 17.6 Å². The molecule has 3 aliphatic rings. The van der Waals surface area contributed by atoms with Gasteiger partial charge in [0.05, 0.1) is 36.3 Å². The number of piperidine rings is 1. The lowest BCUT2D eigenvalue weighted by molar-refractivity contribution is -0.152. The molecule has 0 unspecified atom stereocenters. The molecule has 4 rings (SSSR count). The molecular formula is C28H35N3O5S. The van der Waals surface area contributed by atoms with Gasteiger partial charge in [0.15, 0.2) is 5.17 Å². The molecule has 37 heavy (non-hydrogen) atoms. The molecule has 1 saturated heterocycles. The molecule has 0 saturated carbocycles. The van der Waals surface area contributed by atoms with Crippen LogP contribution < -0.4 is 0 Å². The number of thioether (sulfide) groups is 1. The molecule has 0 bridgehead atoms. The zero-order valence-corrected chi connectivity index (χ0v) is 23.0. The summed E-state index contributed by atoms with van der Waals surface area (Å²) in [5, 5.41) is 2.66. The maximum atomic E-state index is 13.4. The van der Waals surface area contributed by atoms with E-state index in [4.69, 9.17) is 14.5 Å². The van der Waals surface area contributed by atoms with Gasteiger partial charge in [-0.2, -0.15) is 0 Å². The number of ether oxygens (including phenoxy) is 2. The van der Waals surface area contributed by atoms with Gasteiger partial charge >= 0.3 is 11.9 Å². The van der Waals surface area contributed by atoms with Crippen LogP contribution in [0, 0.1) is 5.92 Å². The first-order valence-electron chi connectivity index (χ1n) is 12.8. The fourth-order valence-corrected chi connectivity index (χ4v) is 5.80. The Hall–Kier alpha value is -3.07. The number of hydrogen-bond acceptors (Lipinski definition) is 8. The van der Waals surface area contributed by atoms with Crippen molar-refractivity contribution in [3.05, 3.63) is 58.3 Å². The highest BCUT2D eigenvalue weighted by molar-refractivity contribution is 8.16. The highest BCUT2D eigenvalue weighted by atomic mass is 32.2. The lowest BCUT2D eigenvalue weighted by Crippen LogP contribution is -2.44. The Bertz CT molecular complexity index is 1150. The van der Waals surface area contributed by atoms with E-state index in [1.54, 1.807) is 11.8 Å². The number of benzene rings is 1. The maximum absolute atomic E-state index is 13.4. The van der Waals surface area contributed by atoms with E-state index in [1.165, 1.54) is 11.8 Å². The number of rotatable bonds is 6. The van der Waals surface area contributed by atoms with E-state index in [9.17, 15) is 14.4 Å². The second-order valence-corrected chi connectivity index (χ2v) is 11.2. The molecule has 8 nitrogen and oxygen atoms in total. The number of amidine groups is 1. The van der Waals surface area contributed by atoms with Crippen molar-refractivity contribution in [2.75, 3.05) is 19.7 Å². The molecule has 3 heterocycles. The number of carbonyl (C=O) groups excluding carboxylic acids is 3. The quantitative estimate of drug-likeness (QED) is 0.493. The maximum Gasteiger partial charge on any atom is 0.338 e. The molecule has 3 aliphatic heterocycles. The second kappa shape index (κ2) is 11.1. The minimum Gasteiger partial charge on any atom is -0.466 e. The largest absolute Gasteiger partial charge is 0.466 e. The van der Waals surface area contributed by atoms with Crippen LogP contribution >= 0.6 is 11.8 Å². The number of hydrogen-bond donors (Lipinski definition) is 0. The minimum atomic E-state index is -0.659. The van der Waals surface area contributed by atoms with Crippen molar-refractivity contribution >= 4 is 34.8 Å². The Morgan fingerprint density at radius 2 is 1.89 bits per heavy atom. The lowest BCUT2D eigenvalue weighted by atomic mass is 9.93. The van der Waals surface area contributed by atoms with Crippen molar-refractivity contribution in [2.45, 2.75) is 65.5 Å². The monoisotopic (exact) mass is 525 g/mol. The second-order valence-electron chi connectivity index (χ2n) is 10.4. The molecule has 0 N–H and O–H groups in total. The SMILES string of the molecule is CCOC(=O)[C@H]1CCCN(C(=O)CC2=CSC3=NC(C)=C(C(=O)OC(C)(C)C)[C@H](c4ccccc4)N23)C1. The van der Waals surface area contributed by atoms with Crippen molar-refractivity contribution in [1.29, 1.82) is 0 Å².